The summed E-state index contributed by atoms with van der Waals surface area (Å²) >= 11 is 0. The van der Waals surface area contributed by atoms with E-state index in [-0.39, 0.29) is 18.3 Å². The van der Waals surface area contributed by atoms with Crippen molar-refractivity contribution in [3.05, 3.63) is 0 Å². The fourth-order valence-corrected chi connectivity index (χ4v) is 1.13. The van der Waals surface area contributed by atoms with Gasteiger partial charge in [-0.2, -0.15) is 0 Å². The highest BCUT2D eigenvalue weighted by Gasteiger charge is 2.08. The molecule has 13 heavy (non-hydrogen) atoms. The Morgan fingerprint density at radius 2 is 1.92 bits per heavy atom. The fourth-order valence-electron chi connectivity index (χ4n) is 0.553. The monoisotopic (exact) mass is 209 g/mol. The molecule has 0 atom stereocenters. The lowest BCUT2D eigenvalue weighted by molar-refractivity contribution is 0.218. The van der Waals surface area contributed by atoms with Gasteiger partial charge in [0.2, 0.25) is 10.0 Å². The summed E-state index contributed by atoms with van der Waals surface area (Å²) in [6.45, 7) is 0.111. The molecule has 0 aromatic carbocycles. The van der Waals surface area contributed by atoms with Crippen molar-refractivity contribution in [1.29, 1.82) is 0 Å². The Hall–Kier alpha value is -0.820. The first-order valence-electron chi connectivity index (χ1n) is 3.75. The van der Waals surface area contributed by atoms with Gasteiger partial charge in [-0.25, -0.2) is 17.9 Å². The van der Waals surface area contributed by atoms with Crippen LogP contribution in [-0.2, 0) is 10.0 Å². The number of nitrogens with zero attached hydrogens (tertiary/aromatic N) is 1. The van der Waals surface area contributed by atoms with Crippen molar-refractivity contribution >= 4 is 16.1 Å². The number of carbonyl (C=O) groups is 1. The van der Waals surface area contributed by atoms with Crippen LogP contribution in [0.15, 0.2) is 0 Å². The number of carbonyl (C=O) groups excluding carboxylic acids is 1. The van der Waals surface area contributed by atoms with Gasteiger partial charge >= 0.3 is 6.03 Å². The molecule has 0 spiro atoms. The van der Waals surface area contributed by atoms with Gasteiger partial charge in [-0.1, -0.05) is 0 Å². The molecule has 0 fully saturated rings. The van der Waals surface area contributed by atoms with Crippen LogP contribution < -0.4 is 10.0 Å². The van der Waals surface area contributed by atoms with E-state index in [1.54, 1.807) is 14.1 Å². The Balaban J connectivity index is 3.76. The lowest BCUT2D eigenvalue weighted by atomic mass is 10.7. The first-order chi connectivity index (χ1) is 5.89. The van der Waals surface area contributed by atoms with Crippen LogP contribution in [0.5, 0.6) is 0 Å². The molecule has 0 heterocycles. The van der Waals surface area contributed by atoms with E-state index >= 15 is 0 Å². The molecule has 7 heteroatoms. The quantitative estimate of drug-likeness (QED) is 0.611. The summed E-state index contributed by atoms with van der Waals surface area (Å²) < 4.78 is 23.9. The maximum absolute atomic E-state index is 10.9. The van der Waals surface area contributed by atoms with Crippen LogP contribution in [0, 0.1) is 0 Å². The largest absolute Gasteiger partial charge is 0.337 e. The second-order valence-electron chi connectivity index (χ2n) is 2.65. The Kier molecular flexibility index (Phi) is 4.71. The summed E-state index contributed by atoms with van der Waals surface area (Å²) in [4.78, 5) is 12.3. The van der Waals surface area contributed by atoms with Crippen LogP contribution in [0.2, 0.25) is 0 Å². The number of hydrogen-bond acceptors (Lipinski definition) is 3. The molecule has 2 N–H and O–H groups in total. The standard InChI is InChI=1S/C6H15N3O3S/c1-7-13(11,12)5-4-8-6(10)9(2)3/h7H,4-5H2,1-3H3,(H,8,10). The Bertz CT molecular complexity index is 260. The van der Waals surface area contributed by atoms with Gasteiger partial charge in [0.15, 0.2) is 0 Å². The van der Waals surface area contributed by atoms with E-state index in [1.807, 2.05) is 0 Å². The average molecular weight is 209 g/mol. The molecule has 2 amide bonds. The summed E-state index contributed by atoms with van der Waals surface area (Å²) in [5.41, 5.74) is 0. The molecule has 0 saturated carbocycles. The van der Waals surface area contributed by atoms with E-state index in [2.05, 4.69) is 10.0 Å². The van der Waals surface area contributed by atoms with Crippen LogP contribution in [0.4, 0.5) is 4.79 Å². The Morgan fingerprint density at radius 1 is 1.38 bits per heavy atom. The zero-order valence-corrected chi connectivity index (χ0v) is 8.81. The lowest BCUT2D eigenvalue weighted by Gasteiger charge is -2.11. The van der Waals surface area contributed by atoms with Crippen LogP contribution in [0.25, 0.3) is 0 Å². The van der Waals surface area contributed by atoms with Crippen LogP contribution >= 0.6 is 0 Å². The third kappa shape index (κ3) is 5.42. The molecule has 0 aromatic rings. The van der Waals surface area contributed by atoms with Gasteiger partial charge in [-0.05, 0) is 7.05 Å². The van der Waals surface area contributed by atoms with Crippen molar-refractivity contribution in [2.75, 3.05) is 33.4 Å². The smallest absolute Gasteiger partial charge is 0.316 e. The number of hydrogen-bond donors (Lipinski definition) is 2. The summed E-state index contributed by atoms with van der Waals surface area (Å²) in [5.74, 6) is -0.108. The molecule has 0 aliphatic heterocycles. The molecule has 0 unspecified atom stereocenters. The van der Waals surface area contributed by atoms with Crippen molar-refractivity contribution < 1.29 is 13.2 Å². The first kappa shape index (κ1) is 12.2. The van der Waals surface area contributed by atoms with E-state index in [1.165, 1.54) is 11.9 Å². The molecule has 6 nitrogen and oxygen atoms in total. The van der Waals surface area contributed by atoms with Gasteiger partial charge in [0, 0.05) is 20.6 Å². The molecule has 0 rings (SSSR count). The SMILES string of the molecule is CNS(=O)(=O)CCNC(=O)N(C)C. The lowest BCUT2D eigenvalue weighted by Crippen LogP contribution is -2.38. The highest BCUT2D eigenvalue weighted by atomic mass is 32.2. The number of sulfonamides is 1. The topological polar surface area (TPSA) is 78.5 Å². The predicted molar refractivity (Wildman–Crippen MR) is 49.9 cm³/mol. The molecule has 78 valence electrons. The van der Waals surface area contributed by atoms with Gasteiger partial charge in [-0.3, -0.25) is 0 Å². The van der Waals surface area contributed by atoms with Gasteiger partial charge in [0.05, 0.1) is 5.75 Å². The van der Waals surface area contributed by atoms with Crippen LogP contribution in [-0.4, -0.2) is 52.8 Å². The predicted octanol–water partition coefficient (Wildman–Crippen LogP) is -1.19. The Morgan fingerprint density at radius 3 is 2.31 bits per heavy atom. The minimum Gasteiger partial charge on any atom is -0.337 e. The van der Waals surface area contributed by atoms with Gasteiger partial charge in [0.1, 0.15) is 0 Å². The van der Waals surface area contributed by atoms with Crippen molar-refractivity contribution in [3.63, 3.8) is 0 Å². The van der Waals surface area contributed by atoms with E-state index in [0.29, 0.717) is 0 Å². The molecule has 0 radical (unpaired) electrons. The average Bonchev–Trinajstić information content (AvgIpc) is 2.04. The zero-order chi connectivity index (χ0) is 10.5. The summed E-state index contributed by atoms with van der Waals surface area (Å²) in [7, 11) is 1.28. The summed E-state index contributed by atoms with van der Waals surface area (Å²) in [6.07, 6.45) is 0. The number of urea groups is 1. The van der Waals surface area contributed by atoms with E-state index in [4.69, 9.17) is 0 Å². The molecule has 0 aromatic heterocycles. The highest BCUT2D eigenvalue weighted by molar-refractivity contribution is 7.89. The maximum atomic E-state index is 10.9. The zero-order valence-electron chi connectivity index (χ0n) is 7.99. The number of nitrogens with one attached hydrogen (secondary N) is 2. The number of rotatable bonds is 4. The van der Waals surface area contributed by atoms with E-state index in [9.17, 15) is 13.2 Å². The van der Waals surface area contributed by atoms with E-state index in [0.717, 1.165) is 0 Å². The maximum Gasteiger partial charge on any atom is 0.316 e. The third-order valence-corrected chi connectivity index (χ3v) is 2.73. The van der Waals surface area contributed by atoms with Crippen molar-refractivity contribution in [3.8, 4) is 0 Å². The molecule has 0 bridgehead atoms. The minimum atomic E-state index is -3.22. The molecule has 0 aliphatic carbocycles. The second-order valence-corrected chi connectivity index (χ2v) is 4.70. The van der Waals surface area contributed by atoms with Crippen molar-refractivity contribution in [1.82, 2.24) is 14.9 Å². The molecule has 0 saturated heterocycles. The van der Waals surface area contributed by atoms with Crippen LogP contribution in [0.1, 0.15) is 0 Å². The normalized spacial score (nSPS) is 11.0. The first-order valence-corrected chi connectivity index (χ1v) is 5.40. The van der Waals surface area contributed by atoms with Gasteiger partial charge in [-0.15, -0.1) is 0 Å². The molecular weight excluding hydrogens is 194 g/mol. The number of amides is 2. The third-order valence-electron chi connectivity index (χ3n) is 1.36. The minimum absolute atomic E-state index is 0.108. The van der Waals surface area contributed by atoms with Gasteiger partial charge < -0.3 is 10.2 Å². The Labute approximate surface area is 78.3 Å². The van der Waals surface area contributed by atoms with Crippen LogP contribution in [0.3, 0.4) is 0 Å². The highest BCUT2D eigenvalue weighted by Crippen LogP contribution is 1.81. The second kappa shape index (κ2) is 5.03. The molecule has 0 aliphatic rings. The van der Waals surface area contributed by atoms with Crippen molar-refractivity contribution in [2.24, 2.45) is 0 Å². The van der Waals surface area contributed by atoms with Gasteiger partial charge in [0.25, 0.3) is 0 Å². The fraction of sp³-hybridized carbons (Fsp3) is 0.833. The van der Waals surface area contributed by atoms with Crippen molar-refractivity contribution in [2.45, 2.75) is 0 Å². The summed E-state index contributed by atoms with van der Waals surface area (Å²) in [5, 5.41) is 2.44. The summed E-state index contributed by atoms with van der Waals surface area (Å²) in [6, 6.07) is -0.300. The van der Waals surface area contributed by atoms with E-state index < -0.39 is 10.0 Å². The molecular formula is C6H15N3O3S.